The largest absolute Gasteiger partial charge is 0.342 e. The third-order valence-corrected chi connectivity index (χ3v) is 16.6. The zero-order valence-electron chi connectivity index (χ0n) is 56.1. The van der Waals surface area contributed by atoms with Crippen LogP contribution >= 0.6 is 0 Å². The van der Waals surface area contributed by atoms with Crippen LogP contribution in [0.5, 0.6) is 0 Å². The van der Waals surface area contributed by atoms with Crippen molar-refractivity contribution in [1.29, 1.82) is 0 Å². The molecule has 3 aromatic carbocycles. The quantitative estimate of drug-likeness (QED) is 0.109. The highest BCUT2D eigenvalue weighted by Crippen LogP contribution is 2.30. The number of amides is 5. The maximum absolute atomic E-state index is 14.4. The van der Waals surface area contributed by atoms with E-state index in [4.69, 9.17) is 0 Å². The smallest absolute Gasteiger partial charge is 0.272 e. The summed E-state index contributed by atoms with van der Waals surface area (Å²) in [5.74, 6) is 0.270. The number of carbonyl (C=O) groups is 5. The van der Waals surface area contributed by atoms with E-state index in [9.17, 15) is 33.2 Å². The van der Waals surface area contributed by atoms with Gasteiger partial charge in [-0.25, -0.2) is 9.49 Å². The van der Waals surface area contributed by atoms with Crippen molar-refractivity contribution in [3.63, 3.8) is 0 Å². The van der Waals surface area contributed by atoms with E-state index in [0.717, 1.165) is 108 Å². The van der Waals surface area contributed by atoms with Gasteiger partial charge < -0.3 is 34.7 Å². The molecular weight excluding hydrogens is 1110 g/mol. The van der Waals surface area contributed by atoms with E-state index in [-0.39, 0.29) is 47.3 Å². The molecular formula is C71H113FN10O6. The van der Waals surface area contributed by atoms with Gasteiger partial charge in [0.1, 0.15) is 12.4 Å². The lowest BCUT2D eigenvalue weighted by molar-refractivity contribution is -0.134. The Hall–Kier alpha value is -6.04. The molecule has 10 rings (SSSR count). The summed E-state index contributed by atoms with van der Waals surface area (Å²) in [5, 5.41) is 11.2. The van der Waals surface area contributed by atoms with Crippen LogP contribution in [0.15, 0.2) is 71.5 Å². The molecule has 17 heteroatoms. The molecule has 0 radical (unpaired) electrons. The third-order valence-electron chi connectivity index (χ3n) is 16.6. The van der Waals surface area contributed by atoms with E-state index < -0.39 is 11.7 Å². The van der Waals surface area contributed by atoms with Crippen molar-refractivity contribution in [2.75, 3.05) is 105 Å². The highest BCUT2D eigenvalue weighted by molar-refractivity contribution is 5.97. The van der Waals surface area contributed by atoms with Gasteiger partial charge >= 0.3 is 0 Å². The number of benzene rings is 3. The number of aromatic amines is 1. The maximum atomic E-state index is 14.4. The van der Waals surface area contributed by atoms with Crippen LogP contribution in [0.3, 0.4) is 0 Å². The molecule has 2 saturated carbocycles. The number of hydrogen-bond acceptors (Lipinski definition) is 10. The van der Waals surface area contributed by atoms with Gasteiger partial charge in [0, 0.05) is 107 Å². The van der Waals surface area contributed by atoms with Gasteiger partial charge in [-0.05, 0) is 118 Å². The number of hydrogen-bond donors (Lipinski definition) is 2. The number of aromatic nitrogens is 2. The van der Waals surface area contributed by atoms with Crippen LogP contribution in [0.25, 0.3) is 10.8 Å². The predicted octanol–water partition coefficient (Wildman–Crippen LogP) is 11.7. The number of rotatable bonds is 15. The van der Waals surface area contributed by atoms with E-state index in [2.05, 4.69) is 79.8 Å². The average molecular weight is 1220 g/mol. The second-order valence-corrected chi connectivity index (χ2v) is 23.8. The Kier molecular flexibility index (Phi) is 34.9. The summed E-state index contributed by atoms with van der Waals surface area (Å²) in [6, 6.07) is 20.3. The Morgan fingerprint density at radius 1 is 0.648 bits per heavy atom. The minimum atomic E-state index is -0.587. The monoisotopic (exact) mass is 1220 g/mol. The number of nitrogens with one attached hydrogen (secondary N) is 2. The minimum Gasteiger partial charge on any atom is -0.342 e. The molecule has 5 heterocycles. The molecule has 0 spiro atoms. The Morgan fingerprint density at radius 3 is 1.89 bits per heavy atom. The fourth-order valence-electron chi connectivity index (χ4n) is 11.8. The molecule has 5 amide bonds. The van der Waals surface area contributed by atoms with E-state index >= 15 is 0 Å². The van der Waals surface area contributed by atoms with Crippen molar-refractivity contribution >= 4 is 40.8 Å². The van der Waals surface area contributed by atoms with Crippen molar-refractivity contribution in [2.45, 2.75) is 190 Å². The van der Waals surface area contributed by atoms with Crippen molar-refractivity contribution < 1.29 is 28.4 Å². The molecule has 1 unspecified atom stereocenters. The molecule has 2 N–H and O–H groups in total. The average Bonchev–Trinajstić information content (AvgIpc) is 2.05. The summed E-state index contributed by atoms with van der Waals surface area (Å²) in [4.78, 5) is 90.5. The molecule has 4 aliphatic heterocycles. The standard InChI is InChI=1S/C37H58N6O3.C21H19FN4O3.3C3H8.2C2H6/c1-2-39-18-15-29(16-19-39)26-40-20-22-41(23-21-40)36(45)28-43(34-11-4-3-5-12-34)37(46)31-9-6-8-30(24-31)32-10-7-17-42(27-32)35(44)25-38-33-13-14-33;22-18-6-5-14(11-17(18)21(29)26-9-7-25(13-27)8-10-26)12-19-15-3-1-2-4-16(15)20(28)24-23-19;3*1-3-2;2*1-2/h6,8-9,24,29,32-34,38H,2-5,7,10-23,25-28H2,1H3;1-6,11,13H,7-10,12H2,(H,24,28);3*3H2,1-2H3;2*1-2H3. The van der Waals surface area contributed by atoms with Crippen molar-refractivity contribution in [2.24, 2.45) is 5.92 Å². The van der Waals surface area contributed by atoms with E-state index in [0.29, 0.717) is 73.9 Å². The maximum Gasteiger partial charge on any atom is 0.272 e. The molecule has 1 aromatic heterocycles. The summed E-state index contributed by atoms with van der Waals surface area (Å²) in [6.45, 7) is 34.8. The Morgan fingerprint density at radius 2 is 1.27 bits per heavy atom. The van der Waals surface area contributed by atoms with Crippen molar-refractivity contribution in [1.82, 2.24) is 49.8 Å². The third kappa shape index (κ3) is 23.7. The summed E-state index contributed by atoms with van der Waals surface area (Å²) in [6.07, 6.45) is 17.1. The van der Waals surface area contributed by atoms with Crippen LogP contribution < -0.4 is 10.9 Å². The predicted molar refractivity (Wildman–Crippen MR) is 357 cm³/mol. The molecule has 16 nitrogen and oxygen atoms in total. The summed E-state index contributed by atoms with van der Waals surface area (Å²) < 4.78 is 14.4. The SMILES string of the molecule is CC.CC.CCC.CCC.CCC.CCN1CCC(CN2CCN(C(=O)CN(C(=O)c3cccc(C4CCCN(C(=O)CNC5CC5)C4)c3)C3CCCCC3)CC2)CC1.O=CN1CCN(C(=O)c2cc(Cc3n[nH]c(=O)c4ccccc34)ccc2F)CC1. The molecule has 6 aliphatic rings. The second kappa shape index (κ2) is 41.3. The van der Waals surface area contributed by atoms with Gasteiger partial charge in [-0.1, -0.05) is 151 Å². The van der Waals surface area contributed by atoms with Gasteiger partial charge in [-0.3, -0.25) is 33.7 Å². The van der Waals surface area contributed by atoms with Crippen LogP contribution in [-0.2, 0) is 20.8 Å². The normalized spacial score (nSPS) is 18.1. The fraction of sp³-hybridized carbons (Fsp3) is 0.648. The second-order valence-electron chi connectivity index (χ2n) is 23.8. The number of H-pyrrole nitrogens is 1. The molecule has 6 fully saturated rings. The first-order chi connectivity index (χ1) is 42.8. The van der Waals surface area contributed by atoms with Gasteiger partial charge in [0.2, 0.25) is 18.2 Å². The van der Waals surface area contributed by atoms with Crippen LogP contribution in [-0.4, -0.2) is 191 Å². The first-order valence-corrected chi connectivity index (χ1v) is 34.2. The minimum absolute atomic E-state index is 0.00390. The van der Waals surface area contributed by atoms with Crippen LogP contribution in [0.2, 0.25) is 0 Å². The van der Waals surface area contributed by atoms with Crippen molar-refractivity contribution in [3.05, 3.63) is 111 Å². The highest BCUT2D eigenvalue weighted by Gasteiger charge is 2.33. The Labute approximate surface area is 528 Å². The number of nitrogens with zero attached hydrogens (tertiary/aromatic N) is 8. The zero-order valence-corrected chi connectivity index (χ0v) is 56.1. The molecule has 2 aliphatic carbocycles. The van der Waals surface area contributed by atoms with Crippen molar-refractivity contribution in [3.8, 4) is 0 Å². The van der Waals surface area contributed by atoms with E-state index in [1.54, 1.807) is 28.0 Å². The van der Waals surface area contributed by atoms with Gasteiger partial charge in [-0.2, -0.15) is 5.10 Å². The van der Waals surface area contributed by atoms with Crippen LogP contribution in [0.4, 0.5) is 4.39 Å². The fourth-order valence-corrected chi connectivity index (χ4v) is 11.8. The molecule has 1 atom stereocenters. The van der Waals surface area contributed by atoms with Gasteiger partial charge in [-0.15, -0.1) is 0 Å². The lowest BCUT2D eigenvalue weighted by Crippen LogP contribution is -2.54. The number of piperazine rings is 2. The first kappa shape index (κ1) is 74.4. The highest BCUT2D eigenvalue weighted by atomic mass is 19.1. The van der Waals surface area contributed by atoms with Crippen LogP contribution in [0.1, 0.15) is 210 Å². The topological polar surface area (TPSA) is 166 Å². The number of likely N-dealkylation sites (tertiary alicyclic amines) is 2. The van der Waals surface area contributed by atoms with E-state index in [1.807, 2.05) is 72.7 Å². The molecule has 490 valence electrons. The lowest BCUT2D eigenvalue weighted by atomic mass is 9.89. The van der Waals surface area contributed by atoms with E-state index in [1.165, 1.54) is 76.6 Å². The number of piperidine rings is 2. The number of carbonyl (C=O) groups excluding carboxylic acids is 5. The molecule has 4 saturated heterocycles. The molecule has 88 heavy (non-hydrogen) atoms. The molecule has 4 aromatic rings. The number of fused-ring (bicyclic) bond motifs is 1. The summed E-state index contributed by atoms with van der Waals surface area (Å²) >= 11 is 0. The summed E-state index contributed by atoms with van der Waals surface area (Å²) in [5.41, 5.74) is 2.89. The van der Waals surface area contributed by atoms with Gasteiger partial charge in [0.05, 0.1) is 23.2 Å². The van der Waals surface area contributed by atoms with Gasteiger partial charge in [0.15, 0.2) is 0 Å². The van der Waals surface area contributed by atoms with Gasteiger partial charge in [0.25, 0.3) is 17.4 Å². The van der Waals surface area contributed by atoms with Crippen LogP contribution in [0, 0.1) is 11.7 Å². The number of halogens is 1. The lowest BCUT2D eigenvalue weighted by Gasteiger charge is -2.40. The Balaban J connectivity index is 0.000000337. The first-order valence-electron chi connectivity index (χ1n) is 34.2. The Bertz CT molecular complexity index is 2720. The summed E-state index contributed by atoms with van der Waals surface area (Å²) in [7, 11) is 0. The zero-order chi connectivity index (χ0) is 64.4. The molecule has 0 bridgehead atoms.